The topological polar surface area (TPSA) is 0 Å². The molecule has 0 fully saturated rings. The molecule has 0 rings (SSSR count). The molecule has 0 aromatic carbocycles. The molecule has 1 radical (unpaired) electrons. The van der Waals surface area contributed by atoms with Crippen molar-refractivity contribution < 1.29 is 70.8 Å². The number of hydrogen-bond acceptors (Lipinski definition) is 0. The van der Waals surface area contributed by atoms with E-state index in [9.17, 15) is 0 Å². The second-order valence-corrected chi connectivity index (χ2v) is 0. The molecule has 0 bridgehead atoms. The van der Waals surface area contributed by atoms with Gasteiger partial charge in [-0.15, -0.1) is 0 Å². The zero-order valence-corrected chi connectivity index (χ0v) is 7.84. The van der Waals surface area contributed by atoms with Crippen LogP contribution in [0.4, 0.5) is 14.1 Å². The van der Waals surface area contributed by atoms with Crippen molar-refractivity contribution in [3.63, 3.8) is 0 Å². The summed E-state index contributed by atoms with van der Waals surface area (Å²) in [5.41, 5.74) is 0. The van der Waals surface area contributed by atoms with Gasteiger partial charge in [-0.2, -0.15) is 0 Å². The molecule has 0 aliphatic heterocycles. The van der Waals surface area contributed by atoms with Gasteiger partial charge in [0.05, 0.1) is 0 Å². The monoisotopic (exact) mass is 297 g/mol. The third-order valence-corrected chi connectivity index (χ3v) is 0. The van der Waals surface area contributed by atoms with Crippen LogP contribution in [-0.2, 0) is 21.1 Å². The van der Waals surface area contributed by atoms with Crippen LogP contribution in [0.15, 0.2) is 0 Å². The maximum atomic E-state index is 0. The molecule has 0 nitrogen and oxygen atoms in total. The number of halogens is 3. The molecule has 0 N–H and O–H groups in total. The van der Waals surface area contributed by atoms with E-state index < -0.39 is 0 Å². The summed E-state index contributed by atoms with van der Waals surface area (Å²) in [4.78, 5) is 0. The summed E-state index contributed by atoms with van der Waals surface area (Å²) in [6.07, 6.45) is 0. The predicted octanol–water partition coefficient (Wildman–Crippen LogP) is 0.455. The molecule has 0 saturated heterocycles. The maximum Gasteiger partial charge on any atom is 0 e. The molecule has 5 heavy (non-hydrogen) atoms. The number of rotatable bonds is 0. The summed E-state index contributed by atoms with van der Waals surface area (Å²) in [5, 5.41) is 0. The number of hydrogen-bond donors (Lipinski definition) is 0. The summed E-state index contributed by atoms with van der Waals surface area (Å²) in [6, 6.07) is 0. The minimum atomic E-state index is 0. The van der Waals surface area contributed by atoms with E-state index in [2.05, 4.69) is 0 Å². The molecule has 33 valence electrons. The van der Waals surface area contributed by atoms with E-state index in [1.165, 1.54) is 0 Å². The third kappa shape index (κ3) is 27.3. The first kappa shape index (κ1) is 76.7. The van der Waals surface area contributed by atoms with E-state index in [1.54, 1.807) is 0 Å². The molecule has 0 atom stereocenters. The molecule has 0 aliphatic rings. The second kappa shape index (κ2) is 44.3. The molecule has 0 amide bonds. The largest absolute Gasteiger partial charge is 0.269 e. The molecule has 0 aromatic rings. The minimum absolute atomic E-state index is 0. The first-order valence-corrected chi connectivity index (χ1v) is 0. The Morgan fingerprint density at radius 1 is 0.600 bits per heavy atom. The molecule has 0 saturated carbocycles. The van der Waals surface area contributed by atoms with Gasteiger partial charge in [0.25, 0.3) is 0 Å². The van der Waals surface area contributed by atoms with Crippen LogP contribution in [0.3, 0.4) is 0 Å². The van der Waals surface area contributed by atoms with Crippen molar-refractivity contribution in [3.05, 3.63) is 0 Å². The minimum Gasteiger partial charge on any atom is -0.269 e. The van der Waals surface area contributed by atoms with Crippen molar-refractivity contribution in [1.29, 1.82) is 0 Å². The zero-order valence-electron chi connectivity index (χ0n) is 2.21. The summed E-state index contributed by atoms with van der Waals surface area (Å²) in [6.45, 7) is 0. The van der Waals surface area contributed by atoms with E-state index in [-0.39, 0.29) is 70.8 Å². The summed E-state index contributed by atoms with van der Waals surface area (Å²) in [5.74, 6) is 0. The van der Waals surface area contributed by atoms with E-state index in [1.807, 2.05) is 0 Å². The van der Waals surface area contributed by atoms with Crippen molar-refractivity contribution in [1.82, 2.24) is 0 Å². The second-order valence-electron chi connectivity index (χ2n) is 0. The summed E-state index contributed by atoms with van der Waals surface area (Å²) in [7, 11) is 0. The van der Waals surface area contributed by atoms with Crippen LogP contribution in [0.2, 0.25) is 0 Å². The molecule has 0 unspecified atom stereocenters. The summed E-state index contributed by atoms with van der Waals surface area (Å²) < 4.78 is 0. The fourth-order valence-electron chi connectivity index (χ4n) is 0. The fourth-order valence-corrected chi connectivity index (χ4v) is 0. The van der Waals surface area contributed by atoms with Crippen LogP contribution in [0.1, 0.15) is 0 Å². The fraction of sp³-hybridized carbons (Fsp3) is 0. The van der Waals surface area contributed by atoms with Crippen LogP contribution < -0.4 is 0 Å². The van der Waals surface area contributed by atoms with Crippen molar-refractivity contribution >= 4 is 0 Å². The molecule has 5 heteroatoms. The quantitative estimate of drug-likeness (QED) is 0.569. The van der Waals surface area contributed by atoms with Crippen LogP contribution in [0.25, 0.3) is 0 Å². The average molecular weight is 295 g/mol. The van der Waals surface area contributed by atoms with Gasteiger partial charge in [-0.1, -0.05) is 0 Å². The SMILES string of the molecule is F.F.F.[La].[Mo]. The van der Waals surface area contributed by atoms with Gasteiger partial charge < -0.3 is 0 Å². The molecular formula is H3F3LaMo. The van der Waals surface area contributed by atoms with Crippen molar-refractivity contribution in [2.45, 2.75) is 0 Å². The van der Waals surface area contributed by atoms with Gasteiger partial charge >= 0.3 is 0 Å². The van der Waals surface area contributed by atoms with E-state index in [4.69, 9.17) is 0 Å². The Morgan fingerprint density at radius 3 is 0.600 bits per heavy atom. The van der Waals surface area contributed by atoms with Crippen LogP contribution in [0, 0.1) is 35.6 Å². The van der Waals surface area contributed by atoms with Crippen LogP contribution >= 0.6 is 0 Å². The maximum absolute atomic E-state index is 0. The Hall–Kier alpha value is 1.67. The zero-order chi connectivity index (χ0) is 0. The smallest absolute Gasteiger partial charge is 0 e. The van der Waals surface area contributed by atoms with Crippen LogP contribution in [-0.4, -0.2) is 0 Å². The van der Waals surface area contributed by atoms with Crippen molar-refractivity contribution in [3.8, 4) is 0 Å². The van der Waals surface area contributed by atoms with Gasteiger partial charge in [-0.25, -0.2) is 0 Å². The van der Waals surface area contributed by atoms with Gasteiger partial charge in [0, 0.05) is 56.7 Å². The van der Waals surface area contributed by atoms with Crippen LogP contribution in [0.5, 0.6) is 0 Å². The van der Waals surface area contributed by atoms with E-state index >= 15 is 0 Å². The Balaban J connectivity index is 0. The molecule has 0 aromatic heterocycles. The Morgan fingerprint density at radius 2 is 0.600 bits per heavy atom. The van der Waals surface area contributed by atoms with Crippen molar-refractivity contribution in [2.75, 3.05) is 0 Å². The molecule has 0 heterocycles. The van der Waals surface area contributed by atoms with Gasteiger partial charge in [-0.3, -0.25) is 14.1 Å². The van der Waals surface area contributed by atoms with Gasteiger partial charge in [0.2, 0.25) is 0 Å². The Bertz CT molecular complexity index is 6.85. The Kier molecular flexibility index (Phi) is 679. The normalized spacial score (nSPS) is 0. The van der Waals surface area contributed by atoms with Gasteiger partial charge in [-0.05, 0) is 0 Å². The predicted molar refractivity (Wildman–Crippen MR) is 7.51 cm³/mol. The summed E-state index contributed by atoms with van der Waals surface area (Å²) >= 11 is 0. The standard InChI is InChI=1S/3FH.La.Mo/h3*1H;;. The van der Waals surface area contributed by atoms with Gasteiger partial charge in [0.1, 0.15) is 0 Å². The first-order chi connectivity index (χ1) is 0. The van der Waals surface area contributed by atoms with Crippen molar-refractivity contribution in [2.24, 2.45) is 0 Å². The van der Waals surface area contributed by atoms with E-state index in [0.717, 1.165) is 0 Å². The molecule has 0 aliphatic carbocycles. The van der Waals surface area contributed by atoms with E-state index in [0.29, 0.717) is 0 Å². The Labute approximate surface area is 70.0 Å². The first-order valence-electron chi connectivity index (χ1n) is 0. The molecular weight excluding hydrogens is 292 g/mol. The molecule has 0 spiro atoms. The van der Waals surface area contributed by atoms with Gasteiger partial charge in [0.15, 0.2) is 0 Å². The third-order valence-electron chi connectivity index (χ3n) is 0. The average Bonchev–Trinajstić information content (AvgIpc) is 0.